The van der Waals surface area contributed by atoms with Gasteiger partial charge >= 0.3 is 0 Å². The summed E-state index contributed by atoms with van der Waals surface area (Å²) >= 11 is 0. The van der Waals surface area contributed by atoms with Gasteiger partial charge < -0.3 is 4.52 Å². The third-order valence-corrected chi connectivity index (χ3v) is 4.72. The van der Waals surface area contributed by atoms with E-state index >= 15 is 0 Å². The molecule has 23 heavy (non-hydrogen) atoms. The van der Waals surface area contributed by atoms with Crippen LogP contribution in [0.5, 0.6) is 0 Å². The van der Waals surface area contributed by atoms with E-state index in [4.69, 9.17) is 9.78 Å². The van der Waals surface area contributed by atoms with Crippen molar-refractivity contribution in [1.82, 2.24) is 15.0 Å². The molecule has 5 nitrogen and oxygen atoms in total. The van der Waals surface area contributed by atoms with Gasteiger partial charge in [-0.05, 0) is 49.9 Å². The topological polar surface area (TPSA) is 66.0 Å². The first-order valence-electron chi connectivity index (χ1n) is 8.37. The van der Waals surface area contributed by atoms with Crippen LogP contribution in [0.15, 0.2) is 28.8 Å². The summed E-state index contributed by atoms with van der Waals surface area (Å²) in [5, 5.41) is 13.2. The molecule has 1 aromatic carbocycles. The van der Waals surface area contributed by atoms with Crippen molar-refractivity contribution in [3.8, 4) is 6.07 Å². The van der Waals surface area contributed by atoms with E-state index in [0.717, 1.165) is 49.8 Å². The normalized spacial score (nSPS) is 22.0. The molecule has 2 heterocycles. The number of piperidine rings is 1. The third-order valence-electron chi connectivity index (χ3n) is 4.72. The van der Waals surface area contributed by atoms with Crippen LogP contribution < -0.4 is 0 Å². The summed E-state index contributed by atoms with van der Waals surface area (Å²) in [7, 11) is 0. The predicted molar refractivity (Wildman–Crippen MR) is 84.7 cm³/mol. The maximum Gasteiger partial charge on any atom is 0.229 e. The first-order chi connectivity index (χ1) is 11.3. The fourth-order valence-corrected chi connectivity index (χ4v) is 3.32. The highest BCUT2D eigenvalue weighted by molar-refractivity contribution is 5.32. The van der Waals surface area contributed by atoms with Crippen LogP contribution in [0.25, 0.3) is 0 Å². The molecule has 1 unspecified atom stereocenters. The fourth-order valence-electron chi connectivity index (χ4n) is 3.32. The Morgan fingerprint density at radius 3 is 3.00 bits per heavy atom. The average Bonchev–Trinajstić information content (AvgIpc) is 3.32. The Bertz CT molecular complexity index is 729. The molecule has 2 fully saturated rings. The van der Waals surface area contributed by atoms with Gasteiger partial charge in [0.15, 0.2) is 5.82 Å². The molecule has 0 N–H and O–H groups in total. The number of benzene rings is 1. The van der Waals surface area contributed by atoms with E-state index in [1.807, 2.05) is 18.2 Å². The van der Waals surface area contributed by atoms with E-state index in [2.05, 4.69) is 27.2 Å². The smallest absolute Gasteiger partial charge is 0.229 e. The molecule has 5 heteroatoms. The summed E-state index contributed by atoms with van der Waals surface area (Å²) in [6, 6.07) is 10.1. The molecular weight excluding hydrogens is 288 g/mol. The van der Waals surface area contributed by atoms with Gasteiger partial charge in [0.1, 0.15) is 0 Å². The third kappa shape index (κ3) is 3.27. The lowest BCUT2D eigenvalue weighted by Crippen LogP contribution is -2.34. The zero-order valence-electron chi connectivity index (χ0n) is 13.1. The molecule has 118 valence electrons. The Hall–Kier alpha value is -2.19. The highest BCUT2D eigenvalue weighted by Gasteiger charge is 2.32. The molecule has 4 rings (SSSR count). The second-order valence-corrected chi connectivity index (χ2v) is 6.65. The molecule has 1 saturated heterocycles. The molecule has 1 saturated carbocycles. The highest BCUT2D eigenvalue weighted by Crippen LogP contribution is 2.39. The van der Waals surface area contributed by atoms with Crippen molar-refractivity contribution in [1.29, 1.82) is 5.26 Å². The Kier molecular flexibility index (Phi) is 3.84. The number of rotatable bonds is 4. The van der Waals surface area contributed by atoms with Crippen LogP contribution in [0, 0.1) is 11.3 Å². The highest BCUT2D eigenvalue weighted by atomic mass is 16.5. The Morgan fingerprint density at radius 2 is 2.17 bits per heavy atom. The Morgan fingerprint density at radius 1 is 1.26 bits per heavy atom. The molecule has 1 atom stereocenters. The van der Waals surface area contributed by atoms with Crippen molar-refractivity contribution in [3.05, 3.63) is 47.1 Å². The number of likely N-dealkylation sites (tertiary alicyclic amines) is 1. The molecule has 2 aromatic rings. The van der Waals surface area contributed by atoms with E-state index in [1.165, 1.54) is 18.4 Å². The number of hydrogen-bond donors (Lipinski definition) is 0. The van der Waals surface area contributed by atoms with Gasteiger partial charge in [-0.25, -0.2) is 0 Å². The summed E-state index contributed by atoms with van der Waals surface area (Å²) < 4.78 is 5.41. The molecule has 0 amide bonds. The maximum absolute atomic E-state index is 9.02. The molecule has 0 spiro atoms. The number of hydrogen-bond acceptors (Lipinski definition) is 5. The summed E-state index contributed by atoms with van der Waals surface area (Å²) in [5.41, 5.74) is 1.92. The minimum Gasteiger partial charge on any atom is -0.339 e. The lowest BCUT2D eigenvalue weighted by Gasteiger charge is -2.31. The number of nitrogens with zero attached hydrogens (tertiary/aromatic N) is 4. The fraction of sp³-hybridized carbons (Fsp3) is 0.500. The van der Waals surface area contributed by atoms with Crippen molar-refractivity contribution in [3.63, 3.8) is 0 Å². The average molecular weight is 308 g/mol. The van der Waals surface area contributed by atoms with Crippen molar-refractivity contribution in [2.45, 2.75) is 44.1 Å². The molecule has 1 aromatic heterocycles. The van der Waals surface area contributed by atoms with Crippen LogP contribution in [0.2, 0.25) is 0 Å². The monoisotopic (exact) mass is 308 g/mol. The van der Waals surface area contributed by atoms with Crippen molar-refractivity contribution < 1.29 is 4.52 Å². The molecule has 1 aliphatic heterocycles. The van der Waals surface area contributed by atoms with Crippen LogP contribution in [-0.2, 0) is 6.54 Å². The van der Waals surface area contributed by atoms with E-state index in [1.54, 1.807) is 0 Å². The van der Waals surface area contributed by atoms with Crippen LogP contribution >= 0.6 is 0 Å². The van der Waals surface area contributed by atoms with Gasteiger partial charge in [0.25, 0.3) is 0 Å². The summed E-state index contributed by atoms with van der Waals surface area (Å²) in [5.74, 6) is 2.59. The van der Waals surface area contributed by atoms with Gasteiger partial charge in [0, 0.05) is 24.9 Å². The molecule has 0 radical (unpaired) electrons. The van der Waals surface area contributed by atoms with E-state index in [0.29, 0.717) is 11.8 Å². The lowest BCUT2D eigenvalue weighted by atomic mass is 9.97. The van der Waals surface area contributed by atoms with Crippen molar-refractivity contribution in [2.75, 3.05) is 13.1 Å². The summed E-state index contributed by atoms with van der Waals surface area (Å²) in [6.07, 6.45) is 4.65. The second kappa shape index (κ2) is 6.13. The zero-order chi connectivity index (χ0) is 15.6. The van der Waals surface area contributed by atoms with Gasteiger partial charge in [-0.1, -0.05) is 17.3 Å². The van der Waals surface area contributed by atoms with Crippen LogP contribution in [0.3, 0.4) is 0 Å². The van der Waals surface area contributed by atoms with Gasteiger partial charge in [-0.3, -0.25) is 4.90 Å². The predicted octanol–water partition coefficient (Wildman–Crippen LogP) is 3.20. The Labute approximate surface area is 135 Å². The van der Waals surface area contributed by atoms with Gasteiger partial charge in [-0.2, -0.15) is 10.2 Å². The van der Waals surface area contributed by atoms with Crippen molar-refractivity contribution >= 4 is 0 Å². The SMILES string of the molecule is N#Cc1cccc(CN2CCCC(c3noc(C4CC4)n3)C2)c1. The van der Waals surface area contributed by atoms with Crippen LogP contribution in [0.4, 0.5) is 0 Å². The second-order valence-electron chi connectivity index (χ2n) is 6.65. The first kappa shape index (κ1) is 14.4. The van der Waals surface area contributed by atoms with Gasteiger partial charge in [-0.15, -0.1) is 0 Å². The first-order valence-corrected chi connectivity index (χ1v) is 8.37. The van der Waals surface area contributed by atoms with Gasteiger partial charge in [0.05, 0.1) is 11.6 Å². The molecule has 0 bridgehead atoms. The minimum absolute atomic E-state index is 0.360. The van der Waals surface area contributed by atoms with Crippen LogP contribution in [-0.4, -0.2) is 28.1 Å². The van der Waals surface area contributed by atoms with E-state index in [-0.39, 0.29) is 0 Å². The zero-order valence-corrected chi connectivity index (χ0v) is 13.1. The van der Waals surface area contributed by atoms with Crippen molar-refractivity contribution in [2.24, 2.45) is 0 Å². The maximum atomic E-state index is 9.02. The number of nitriles is 1. The Balaban J connectivity index is 1.42. The minimum atomic E-state index is 0.360. The summed E-state index contributed by atoms with van der Waals surface area (Å²) in [6.45, 7) is 2.92. The standard InChI is InChI=1S/C18H20N4O/c19-10-13-3-1-4-14(9-13)11-22-8-2-5-16(12-22)17-20-18(23-21-17)15-6-7-15/h1,3-4,9,15-16H,2,5-8,11-12H2. The quantitative estimate of drug-likeness (QED) is 0.867. The largest absolute Gasteiger partial charge is 0.339 e. The lowest BCUT2D eigenvalue weighted by molar-refractivity contribution is 0.194. The van der Waals surface area contributed by atoms with Gasteiger partial charge in [0.2, 0.25) is 5.89 Å². The van der Waals surface area contributed by atoms with Crippen LogP contribution in [0.1, 0.15) is 60.4 Å². The summed E-state index contributed by atoms with van der Waals surface area (Å²) in [4.78, 5) is 7.05. The molecular formula is C18H20N4O. The molecule has 2 aliphatic rings. The number of aromatic nitrogens is 2. The molecule has 1 aliphatic carbocycles. The van der Waals surface area contributed by atoms with E-state index < -0.39 is 0 Å². The van der Waals surface area contributed by atoms with E-state index in [9.17, 15) is 0 Å².